The largest absolute Gasteiger partial charge is 0.399 e. The molecule has 2 aromatic carbocycles. The van der Waals surface area contributed by atoms with E-state index in [0.717, 1.165) is 18.4 Å². The minimum Gasteiger partial charge on any atom is -0.399 e. The molecule has 1 amide bonds. The molecule has 0 saturated carbocycles. The Morgan fingerprint density at radius 2 is 2.04 bits per heavy atom. The molecule has 138 valence electrons. The van der Waals surface area contributed by atoms with E-state index in [1.165, 1.54) is 0 Å². The lowest BCUT2D eigenvalue weighted by Gasteiger charge is -2.31. The van der Waals surface area contributed by atoms with Gasteiger partial charge in [-0.15, -0.1) is 0 Å². The molecule has 4 rings (SSSR count). The average Bonchev–Trinajstić information content (AvgIpc) is 3.18. The summed E-state index contributed by atoms with van der Waals surface area (Å²) in [5.74, 6) is 1.09. The topological polar surface area (TPSA) is 85.3 Å². The second-order valence-corrected chi connectivity index (χ2v) is 7.12. The van der Waals surface area contributed by atoms with E-state index in [2.05, 4.69) is 10.1 Å². The third kappa shape index (κ3) is 3.80. The number of hydrogen-bond donors (Lipinski definition) is 1. The summed E-state index contributed by atoms with van der Waals surface area (Å²) in [4.78, 5) is 19.1. The molecule has 0 radical (unpaired) electrons. The van der Waals surface area contributed by atoms with Gasteiger partial charge < -0.3 is 15.2 Å². The molecule has 2 heterocycles. The first kappa shape index (κ1) is 17.5. The zero-order valence-electron chi connectivity index (χ0n) is 14.6. The number of amides is 1. The zero-order valence-corrected chi connectivity index (χ0v) is 15.4. The van der Waals surface area contributed by atoms with Gasteiger partial charge in [-0.25, -0.2) is 0 Å². The van der Waals surface area contributed by atoms with Gasteiger partial charge in [0.05, 0.1) is 5.92 Å². The summed E-state index contributed by atoms with van der Waals surface area (Å²) in [5.41, 5.74) is 7.83. The number of nitrogen functional groups attached to an aromatic ring is 1. The molecular weight excluding hydrogens is 364 g/mol. The van der Waals surface area contributed by atoms with Crippen molar-refractivity contribution in [1.29, 1.82) is 0 Å². The van der Waals surface area contributed by atoms with Crippen molar-refractivity contribution in [2.75, 3.05) is 18.8 Å². The molecule has 1 fully saturated rings. The number of rotatable bonds is 3. The van der Waals surface area contributed by atoms with Crippen molar-refractivity contribution in [2.24, 2.45) is 0 Å². The number of halogens is 1. The summed E-state index contributed by atoms with van der Waals surface area (Å²) in [6.07, 6.45) is 1.79. The Hall–Kier alpha value is -2.86. The lowest BCUT2D eigenvalue weighted by atomic mass is 9.97. The molecule has 1 saturated heterocycles. The average molecular weight is 383 g/mol. The lowest BCUT2D eigenvalue weighted by molar-refractivity contribution is 0.0695. The number of aromatic nitrogens is 2. The predicted octanol–water partition coefficient (Wildman–Crippen LogP) is 3.99. The molecule has 3 aromatic rings. The summed E-state index contributed by atoms with van der Waals surface area (Å²) < 4.78 is 5.49. The number of benzene rings is 2. The van der Waals surface area contributed by atoms with Crippen molar-refractivity contribution in [3.63, 3.8) is 0 Å². The van der Waals surface area contributed by atoms with Crippen molar-refractivity contribution >= 4 is 23.2 Å². The molecule has 6 nitrogen and oxygen atoms in total. The van der Waals surface area contributed by atoms with Crippen LogP contribution in [0, 0.1) is 0 Å². The third-order valence-corrected chi connectivity index (χ3v) is 4.99. The first-order valence-electron chi connectivity index (χ1n) is 8.84. The lowest BCUT2D eigenvalue weighted by Crippen LogP contribution is -2.39. The normalized spacial score (nSPS) is 17.1. The molecular formula is C20H19ClN4O2. The molecule has 1 atom stereocenters. The number of hydrogen-bond acceptors (Lipinski definition) is 5. The van der Waals surface area contributed by atoms with E-state index in [-0.39, 0.29) is 11.8 Å². The maximum atomic E-state index is 12.8. The van der Waals surface area contributed by atoms with Gasteiger partial charge in [-0.05, 0) is 55.3 Å². The summed E-state index contributed by atoms with van der Waals surface area (Å²) in [5, 5.41) is 4.74. The summed E-state index contributed by atoms with van der Waals surface area (Å²) in [7, 11) is 0. The van der Waals surface area contributed by atoms with Crippen LogP contribution in [0.25, 0.3) is 11.4 Å². The Balaban J connectivity index is 1.50. The van der Waals surface area contributed by atoms with Crippen molar-refractivity contribution < 1.29 is 9.32 Å². The number of piperidine rings is 1. The smallest absolute Gasteiger partial charge is 0.253 e. The van der Waals surface area contributed by atoms with Gasteiger partial charge in [-0.1, -0.05) is 22.8 Å². The van der Waals surface area contributed by atoms with Gasteiger partial charge in [-0.3, -0.25) is 4.79 Å². The SMILES string of the molecule is Nc1cccc(C(=O)N2CCCC(c3nc(-c4ccc(Cl)cc4)no3)C2)c1. The molecule has 1 unspecified atom stereocenters. The highest BCUT2D eigenvalue weighted by molar-refractivity contribution is 6.30. The Morgan fingerprint density at radius 3 is 2.81 bits per heavy atom. The number of nitrogens with zero attached hydrogens (tertiary/aromatic N) is 3. The van der Waals surface area contributed by atoms with Crippen LogP contribution in [0.2, 0.25) is 5.02 Å². The Bertz CT molecular complexity index is 955. The zero-order chi connectivity index (χ0) is 18.8. The van der Waals surface area contributed by atoms with Crippen LogP contribution in [-0.4, -0.2) is 34.0 Å². The van der Waals surface area contributed by atoms with Gasteiger partial charge >= 0.3 is 0 Å². The molecule has 7 heteroatoms. The molecule has 27 heavy (non-hydrogen) atoms. The van der Waals surface area contributed by atoms with E-state index >= 15 is 0 Å². The van der Waals surface area contributed by atoms with Gasteiger partial charge in [0, 0.05) is 34.9 Å². The summed E-state index contributed by atoms with van der Waals surface area (Å²) in [6, 6.07) is 14.3. The van der Waals surface area contributed by atoms with Crippen LogP contribution in [0.15, 0.2) is 53.1 Å². The minimum atomic E-state index is -0.0237. The first-order chi connectivity index (χ1) is 13.1. The fourth-order valence-corrected chi connectivity index (χ4v) is 3.46. The molecule has 2 N–H and O–H groups in total. The highest BCUT2D eigenvalue weighted by Gasteiger charge is 2.29. The first-order valence-corrected chi connectivity index (χ1v) is 9.22. The highest BCUT2D eigenvalue weighted by atomic mass is 35.5. The fraction of sp³-hybridized carbons (Fsp3) is 0.250. The molecule has 0 aliphatic carbocycles. The molecule has 1 aromatic heterocycles. The fourth-order valence-electron chi connectivity index (χ4n) is 3.33. The predicted molar refractivity (Wildman–Crippen MR) is 103 cm³/mol. The molecule has 1 aliphatic rings. The maximum Gasteiger partial charge on any atom is 0.253 e. The second kappa shape index (κ2) is 7.40. The van der Waals surface area contributed by atoms with E-state index in [4.69, 9.17) is 21.9 Å². The van der Waals surface area contributed by atoms with Gasteiger partial charge in [0.15, 0.2) is 0 Å². The number of nitrogens with two attached hydrogens (primary N) is 1. The van der Waals surface area contributed by atoms with E-state index < -0.39 is 0 Å². The Kier molecular flexibility index (Phi) is 4.81. The molecule has 0 spiro atoms. The van der Waals surface area contributed by atoms with E-state index in [9.17, 15) is 4.79 Å². The minimum absolute atomic E-state index is 0.0237. The van der Waals surface area contributed by atoms with Gasteiger partial charge in [0.1, 0.15) is 0 Å². The van der Waals surface area contributed by atoms with Crippen molar-refractivity contribution in [2.45, 2.75) is 18.8 Å². The highest BCUT2D eigenvalue weighted by Crippen LogP contribution is 2.29. The van der Waals surface area contributed by atoms with Crippen molar-refractivity contribution in [1.82, 2.24) is 15.0 Å². The number of likely N-dealkylation sites (tertiary alicyclic amines) is 1. The van der Waals surface area contributed by atoms with Crippen LogP contribution >= 0.6 is 11.6 Å². The van der Waals surface area contributed by atoms with E-state index in [1.807, 2.05) is 17.0 Å². The molecule has 1 aliphatic heterocycles. The van der Waals surface area contributed by atoms with Crippen LogP contribution in [0.5, 0.6) is 0 Å². The van der Waals surface area contributed by atoms with Gasteiger partial charge in [-0.2, -0.15) is 4.98 Å². The van der Waals surface area contributed by atoms with Crippen molar-refractivity contribution in [3.05, 3.63) is 65.0 Å². The van der Waals surface area contributed by atoms with E-state index in [0.29, 0.717) is 41.1 Å². The standard InChI is InChI=1S/C20H19ClN4O2/c21-16-8-6-13(7-9-16)18-23-19(27-24-18)15-4-2-10-25(12-15)20(26)14-3-1-5-17(22)11-14/h1,3,5-9,11,15H,2,4,10,12,22H2. The summed E-state index contributed by atoms with van der Waals surface area (Å²) >= 11 is 5.92. The number of carbonyl (C=O) groups excluding carboxylic acids is 1. The van der Waals surface area contributed by atoms with Gasteiger partial charge in [0.25, 0.3) is 5.91 Å². The van der Waals surface area contributed by atoms with Crippen LogP contribution in [0.4, 0.5) is 5.69 Å². The van der Waals surface area contributed by atoms with Crippen LogP contribution < -0.4 is 5.73 Å². The quantitative estimate of drug-likeness (QED) is 0.692. The molecule has 0 bridgehead atoms. The number of carbonyl (C=O) groups is 1. The van der Waals surface area contributed by atoms with Crippen LogP contribution in [0.3, 0.4) is 0 Å². The third-order valence-electron chi connectivity index (χ3n) is 4.74. The Labute approximate surface area is 161 Å². The van der Waals surface area contributed by atoms with E-state index in [1.54, 1.807) is 36.4 Å². The van der Waals surface area contributed by atoms with Gasteiger partial charge in [0.2, 0.25) is 11.7 Å². The maximum absolute atomic E-state index is 12.8. The van der Waals surface area contributed by atoms with Crippen molar-refractivity contribution in [3.8, 4) is 11.4 Å². The van der Waals surface area contributed by atoms with Crippen LogP contribution in [-0.2, 0) is 0 Å². The number of anilines is 1. The second-order valence-electron chi connectivity index (χ2n) is 6.68. The Morgan fingerprint density at radius 1 is 1.22 bits per heavy atom. The van der Waals surface area contributed by atoms with Crippen LogP contribution in [0.1, 0.15) is 35.0 Å². The monoisotopic (exact) mass is 382 g/mol. The summed E-state index contributed by atoms with van der Waals surface area (Å²) in [6.45, 7) is 1.26.